The van der Waals surface area contributed by atoms with Gasteiger partial charge >= 0.3 is 0 Å². The highest BCUT2D eigenvalue weighted by molar-refractivity contribution is 5.46. The summed E-state index contributed by atoms with van der Waals surface area (Å²) >= 11 is 0. The van der Waals surface area contributed by atoms with Crippen LogP contribution in [0.4, 0.5) is 5.69 Å². The molecule has 0 aliphatic carbocycles. The molecule has 1 fully saturated rings. The molecule has 0 bridgehead atoms. The number of rotatable bonds is 6. The van der Waals surface area contributed by atoms with Crippen molar-refractivity contribution >= 4 is 5.69 Å². The molecule has 0 amide bonds. The Morgan fingerprint density at radius 1 is 1.35 bits per heavy atom. The lowest BCUT2D eigenvalue weighted by Gasteiger charge is -2.35. The number of nitrogens with zero attached hydrogens (tertiary/aromatic N) is 1. The lowest BCUT2D eigenvalue weighted by atomic mass is 10.2. The normalized spacial score (nSPS) is 20.1. The Kier molecular flexibility index (Phi) is 5.68. The predicted octanol–water partition coefficient (Wildman–Crippen LogP) is 2.61. The van der Waals surface area contributed by atoms with Crippen molar-refractivity contribution < 1.29 is 9.47 Å². The fourth-order valence-corrected chi connectivity index (χ4v) is 2.40. The minimum Gasteiger partial charge on any atom is -0.494 e. The van der Waals surface area contributed by atoms with Crippen LogP contribution in [0.1, 0.15) is 20.8 Å². The Bertz CT molecular complexity index is 392. The molecule has 4 nitrogen and oxygen atoms in total. The number of hydrogen-bond donors (Lipinski definition) is 1. The summed E-state index contributed by atoms with van der Waals surface area (Å²) in [6.45, 7) is 10.9. The van der Waals surface area contributed by atoms with E-state index in [4.69, 9.17) is 9.47 Å². The van der Waals surface area contributed by atoms with Crippen LogP contribution in [0.15, 0.2) is 24.3 Å². The molecule has 20 heavy (non-hydrogen) atoms. The molecule has 0 radical (unpaired) electrons. The zero-order chi connectivity index (χ0) is 14.4. The number of hydrogen-bond acceptors (Lipinski definition) is 4. The third-order valence-corrected chi connectivity index (χ3v) is 3.60. The average molecular weight is 278 g/mol. The van der Waals surface area contributed by atoms with E-state index in [9.17, 15) is 0 Å². The third-order valence-electron chi connectivity index (χ3n) is 3.60. The minimum absolute atomic E-state index is 0.262. The van der Waals surface area contributed by atoms with Gasteiger partial charge in [0, 0.05) is 31.4 Å². The van der Waals surface area contributed by atoms with Crippen LogP contribution >= 0.6 is 0 Å². The van der Waals surface area contributed by atoms with Crippen molar-refractivity contribution in [3.63, 3.8) is 0 Å². The van der Waals surface area contributed by atoms with Crippen LogP contribution < -0.4 is 10.1 Å². The maximum atomic E-state index is 5.81. The number of anilines is 1. The fourth-order valence-electron chi connectivity index (χ4n) is 2.40. The summed E-state index contributed by atoms with van der Waals surface area (Å²) in [5.74, 6) is 0.915. The first kappa shape index (κ1) is 15.1. The maximum Gasteiger partial charge on any atom is 0.119 e. The Labute approximate surface area is 122 Å². The Balaban J connectivity index is 1.79. The van der Waals surface area contributed by atoms with Crippen LogP contribution in [0.2, 0.25) is 0 Å². The molecule has 1 N–H and O–H groups in total. The number of benzene rings is 1. The van der Waals surface area contributed by atoms with Crippen LogP contribution in [0.5, 0.6) is 5.75 Å². The van der Waals surface area contributed by atoms with Gasteiger partial charge in [-0.2, -0.15) is 0 Å². The summed E-state index contributed by atoms with van der Waals surface area (Å²) < 4.78 is 11.3. The van der Waals surface area contributed by atoms with Gasteiger partial charge in [-0.05, 0) is 45.0 Å². The van der Waals surface area contributed by atoms with Crippen LogP contribution in [-0.2, 0) is 4.74 Å². The van der Waals surface area contributed by atoms with E-state index in [-0.39, 0.29) is 6.10 Å². The molecule has 112 valence electrons. The standard InChI is InChI=1S/C16H26N2O2/c1-4-19-15-7-5-14(6-8-15)17-11-16-12-18(13(2)3)9-10-20-16/h5-8,13,16-17H,4,9-12H2,1-3H3. The number of ether oxygens (including phenoxy) is 2. The highest BCUT2D eigenvalue weighted by atomic mass is 16.5. The van der Waals surface area contributed by atoms with Gasteiger partial charge in [-0.1, -0.05) is 0 Å². The van der Waals surface area contributed by atoms with Crippen LogP contribution in [0.3, 0.4) is 0 Å². The van der Waals surface area contributed by atoms with Crippen molar-refractivity contribution in [2.24, 2.45) is 0 Å². The maximum absolute atomic E-state index is 5.81. The van der Waals surface area contributed by atoms with E-state index in [1.807, 2.05) is 31.2 Å². The predicted molar refractivity (Wildman–Crippen MR) is 82.5 cm³/mol. The zero-order valence-electron chi connectivity index (χ0n) is 12.8. The molecule has 4 heteroatoms. The van der Waals surface area contributed by atoms with Gasteiger partial charge in [0.05, 0.1) is 19.3 Å². The first-order valence-corrected chi connectivity index (χ1v) is 7.51. The first-order chi connectivity index (χ1) is 9.69. The molecule has 1 aliphatic rings. The molecule has 1 unspecified atom stereocenters. The van der Waals surface area contributed by atoms with Crippen molar-refractivity contribution in [2.75, 3.05) is 38.2 Å². The molecular weight excluding hydrogens is 252 g/mol. The molecule has 1 aliphatic heterocycles. The molecule has 1 heterocycles. The molecule has 1 aromatic rings. The second kappa shape index (κ2) is 7.50. The van der Waals surface area contributed by atoms with E-state index < -0.39 is 0 Å². The van der Waals surface area contributed by atoms with Gasteiger partial charge in [-0.3, -0.25) is 4.90 Å². The number of morpholine rings is 1. The second-order valence-electron chi connectivity index (χ2n) is 5.42. The lowest BCUT2D eigenvalue weighted by Crippen LogP contribution is -2.48. The van der Waals surface area contributed by atoms with Gasteiger partial charge in [0.15, 0.2) is 0 Å². The highest BCUT2D eigenvalue weighted by Gasteiger charge is 2.21. The SMILES string of the molecule is CCOc1ccc(NCC2CN(C(C)C)CCO2)cc1. The van der Waals surface area contributed by atoms with Crippen LogP contribution in [-0.4, -0.2) is 49.9 Å². The van der Waals surface area contributed by atoms with Crippen molar-refractivity contribution in [1.82, 2.24) is 4.90 Å². The van der Waals surface area contributed by atoms with Crippen molar-refractivity contribution in [3.05, 3.63) is 24.3 Å². The molecule has 0 spiro atoms. The van der Waals surface area contributed by atoms with Crippen molar-refractivity contribution in [3.8, 4) is 5.75 Å². The largest absolute Gasteiger partial charge is 0.494 e. The molecule has 1 aromatic carbocycles. The summed E-state index contributed by atoms with van der Waals surface area (Å²) in [5.41, 5.74) is 1.11. The smallest absolute Gasteiger partial charge is 0.119 e. The van der Waals surface area contributed by atoms with Crippen LogP contribution in [0, 0.1) is 0 Å². The van der Waals surface area contributed by atoms with Crippen molar-refractivity contribution in [1.29, 1.82) is 0 Å². The van der Waals surface area contributed by atoms with E-state index in [2.05, 4.69) is 24.1 Å². The van der Waals surface area contributed by atoms with Gasteiger partial charge < -0.3 is 14.8 Å². The summed E-state index contributed by atoms with van der Waals surface area (Å²) in [5, 5.41) is 3.44. The molecule has 0 aromatic heterocycles. The van der Waals surface area contributed by atoms with Crippen LogP contribution in [0.25, 0.3) is 0 Å². The van der Waals surface area contributed by atoms with E-state index >= 15 is 0 Å². The van der Waals surface area contributed by atoms with Crippen molar-refractivity contribution in [2.45, 2.75) is 32.9 Å². The second-order valence-corrected chi connectivity index (χ2v) is 5.42. The Hall–Kier alpha value is -1.26. The van der Waals surface area contributed by atoms with Gasteiger partial charge in [0.2, 0.25) is 0 Å². The molecule has 2 rings (SSSR count). The summed E-state index contributed by atoms with van der Waals surface area (Å²) in [6, 6.07) is 8.68. The summed E-state index contributed by atoms with van der Waals surface area (Å²) in [6.07, 6.45) is 0.262. The van der Waals surface area contributed by atoms with Gasteiger partial charge in [0.25, 0.3) is 0 Å². The number of nitrogens with one attached hydrogen (secondary N) is 1. The highest BCUT2D eigenvalue weighted by Crippen LogP contribution is 2.16. The molecule has 1 saturated heterocycles. The zero-order valence-corrected chi connectivity index (χ0v) is 12.8. The van der Waals surface area contributed by atoms with E-state index in [1.165, 1.54) is 0 Å². The van der Waals surface area contributed by atoms with E-state index in [0.29, 0.717) is 12.6 Å². The monoisotopic (exact) mass is 278 g/mol. The lowest BCUT2D eigenvalue weighted by molar-refractivity contribution is -0.0315. The average Bonchev–Trinajstić information content (AvgIpc) is 2.47. The quantitative estimate of drug-likeness (QED) is 0.867. The Morgan fingerprint density at radius 2 is 2.10 bits per heavy atom. The topological polar surface area (TPSA) is 33.7 Å². The molecule has 1 atom stereocenters. The fraction of sp³-hybridized carbons (Fsp3) is 0.625. The Morgan fingerprint density at radius 3 is 2.75 bits per heavy atom. The molecular formula is C16H26N2O2. The van der Waals surface area contributed by atoms with Gasteiger partial charge in [0.1, 0.15) is 5.75 Å². The summed E-state index contributed by atoms with van der Waals surface area (Å²) in [7, 11) is 0. The minimum atomic E-state index is 0.262. The molecule has 0 saturated carbocycles. The van der Waals surface area contributed by atoms with Gasteiger partial charge in [-0.25, -0.2) is 0 Å². The third kappa shape index (κ3) is 4.39. The van der Waals surface area contributed by atoms with Gasteiger partial charge in [-0.15, -0.1) is 0 Å². The summed E-state index contributed by atoms with van der Waals surface area (Å²) in [4.78, 5) is 2.47. The van der Waals surface area contributed by atoms with E-state index in [1.54, 1.807) is 0 Å². The first-order valence-electron chi connectivity index (χ1n) is 7.51. The van der Waals surface area contributed by atoms with E-state index in [0.717, 1.165) is 37.7 Å².